The number of nitrogens with zero attached hydrogens (tertiary/aromatic N) is 3. The number of alkyl halides is 3. The van der Waals surface area contributed by atoms with Gasteiger partial charge in [0.15, 0.2) is 0 Å². The maximum atomic E-state index is 13.1. The first-order valence-electron chi connectivity index (χ1n) is 10.2. The summed E-state index contributed by atoms with van der Waals surface area (Å²) in [4.78, 5) is 8.84. The van der Waals surface area contributed by atoms with Crippen LogP contribution in [0.5, 0.6) is 5.75 Å². The molecule has 2 aliphatic heterocycles. The van der Waals surface area contributed by atoms with Crippen molar-refractivity contribution < 1.29 is 27.2 Å². The Morgan fingerprint density at radius 1 is 1.32 bits per heavy atom. The summed E-state index contributed by atoms with van der Waals surface area (Å²) in [6, 6.07) is 6.81. The molecular formula is C21H23F3N5O2+. The quantitative estimate of drug-likeness (QED) is 0.606. The Morgan fingerprint density at radius 3 is 2.94 bits per heavy atom. The second-order valence-corrected chi connectivity index (χ2v) is 8.04. The van der Waals surface area contributed by atoms with E-state index in [1.165, 1.54) is 6.33 Å². The Morgan fingerprint density at radius 2 is 2.16 bits per heavy atom. The minimum absolute atomic E-state index is 0.0994. The third kappa shape index (κ3) is 3.59. The Bertz CT molecular complexity index is 1130. The summed E-state index contributed by atoms with van der Waals surface area (Å²) < 4.78 is 52.7. The SMILES string of the molecule is C[C@@H]1CN([C@H]2COc3cccc(-[n+]4cnc5[nH]c(C(F)(F)F)cc5c4N)c3C2)CCO1. The van der Waals surface area contributed by atoms with Crippen LogP contribution in [0.25, 0.3) is 16.7 Å². The lowest BCUT2D eigenvalue weighted by Gasteiger charge is -2.39. The summed E-state index contributed by atoms with van der Waals surface area (Å²) in [5, 5.41) is 0.225. The summed E-state index contributed by atoms with van der Waals surface area (Å²) in [6.07, 6.45) is -2.15. The molecule has 0 aliphatic carbocycles. The number of anilines is 1. The molecular weight excluding hydrogens is 411 g/mol. The van der Waals surface area contributed by atoms with Crippen LogP contribution in [-0.4, -0.2) is 53.3 Å². The van der Waals surface area contributed by atoms with Crippen LogP contribution in [-0.2, 0) is 17.3 Å². The number of hydrogen-bond acceptors (Lipinski definition) is 5. The molecule has 5 rings (SSSR count). The molecule has 0 bridgehead atoms. The van der Waals surface area contributed by atoms with Crippen LogP contribution in [0.3, 0.4) is 0 Å². The molecule has 4 heterocycles. The van der Waals surface area contributed by atoms with Gasteiger partial charge in [0.2, 0.25) is 17.8 Å². The van der Waals surface area contributed by atoms with Crippen molar-refractivity contribution in [3.8, 4) is 11.4 Å². The van der Waals surface area contributed by atoms with Gasteiger partial charge in [0.25, 0.3) is 0 Å². The molecule has 31 heavy (non-hydrogen) atoms. The fourth-order valence-corrected chi connectivity index (χ4v) is 4.41. The fraction of sp³-hybridized carbons (Fsp3) is 0.429. The summed E-state index contributed by atoms with van der Waals surface area (Å²) >= 11 is 0. The second-order valence-electron chi connectivity index (χ2n) is 8.04. The largest absolute Gasteiger partial charge is 0.492 e. The summed E-state index contributed by atoms with van der Waals surface area (Å²) in [6.45, 7) is 4.98. The van der Waals surface area contributed by atoms with Crippen molar-refractivity contribution in [2.45, 2.75) is 31.7 Å². The second kappa shape index (κ2) is 7.38. The van der Waals surface area contributed by atoms with Crippen molar-refractivity contribution in [3.63, 3.8) is 0 Å². The van der Waals surface area contributed by atoms with E-state index in [9.17, 15) is 13.2 Å². The molecule has 2 aromatic heterocycles. The molecule has 2 atom stereocenters. The zero-order valence-electron chi connectivity index (χ0n) is 16.9. The van der Waals surface area contributed by atoms with Crippen molar-refractivity contribution in [2.24, 2.45) is 0 Å². The molecule has 164 valence electrons. The van der Waals surface area contributed by atoms with E-state index in [1.807, 2.05) is 18.2 Å². The Hall–Kier alpha value is -2.85. The lowest BCUT2D eigenvalue weighted by Crippen LogP contribution is -2.51. The number of nitrogens with one attached hydrogen (secondary N) is 1. The molecule has 1 aromatic carbocycles. The van der Waals surface area contributed by atoms with Crippen LogP contribution in [0.1, 0.15) is 18.2 Å². The molecule has 1 saturated heterocycles. The number of nitrogen functional groups attached to an aromatic ring is 1. The van der Waals surface area contributed by atoms with Crippen LogP contribution >= 0.6 is 0 Å². The predicted molar refractivity (Wildman–Crippen MR) is 107 cm³/mol. The monoisotopic (exact) mass is 434 g/mol. The number of aromatic amines is 1. The van der Waals surface area contributed by atoms with Gasteiger partial charge in [0.1, 0.15) is 29.1 Å². The first-order valence-corrected chi connectivity index (χ1v) is 10.2. The van der Waals surface area contributed by atoms with Gasteiger partial charge in [-0.3, -0.25) is 4.90 Å². The highest BCUT2D eigenvalue weighted by Gasteiger charge is 2.35. The highest BCUT2D eigenvalue weighted by molar-refractivity contribution is 5.85. The maximum Gasteiger partial charge on any atom is 0.431 e. The maximum absolute atomic E-state index is 13.1. The number of H-pyrrole nitrogens is 1. The fourth-order valence-electron chi connectivity index (χ4n) is 4.41. The van der Waals surface area contributed by atoms with E-state index in [2.05, 4.69) is 21.8 Å². The molecule has 0 saturated carbocycles. The third-order valence-corrected chi connectivity index (χ3v) is 5.97. The van der Waals surface area contributed by atoms with Crippen molar-refractivity contribution in [1.29, 1.82) is 0 Å². The van der Waals surface area contributed by atoms with E-state index in [4.69, 9.17) is 15.2 Å². The van der Waals surface area contributed by atoms with E-state index in [1.54, 1.807) is 4.57 Å². The van der Waals surface area contributed by atoms with Crippen molar-refractivity contribution >= 4 is 16.9 Å². The Labute approximate surface area is 176 Å². The minimum Gasteiger partial charge on any atom is -0.492 e. The van der Waals surface area contributed by atoms with E-state index in [-0.39, 0.29) is 29.0 Å². The first kappa shape index (κ1) is 20.1. The van der Waals surface area contributed by atoms with Gasteiger partial charge in [-0.15, -0.1) is 0 Å². The van der Waals surface area contributed by atoms with Crippen LogP contribution in [0.15, 0.2) is 30.6 Å². The number of hydrogen-bond donors (Lipinski definition) is 2. The summed E-state index contributed by atoms with van der Waals surface area (Å²) in [5.41, 5.74) is 7.24. The smallest absolute Gasteiger partial charge is 0.431 e. The number of aromatic nitrogens is 3. The lowest BCUT2D eigenvalue weighted by atomic mass is 9.98. The van der Waals surface area contributed by atoms with Gasteiger partial charge in [0.05, 0.1) is 12.7 Å². The van der Waals surface area contributed by atoms with Gasteiger partial charge in [-0.25, -0.2) is 4.57 Å². The van der Waals surface area contributed by atoms with Gasteiger partial charge in [-0.05, 0) is 31.5 Å². The van der Waals surface area contributed by atoms with E-state index < -0.39 is 11.9 Å². The topological polar surface area (TPSA) is 80.3 Å². The number of halogens is 3. The van der Waals surface area contributed by atoms with Gasteiger partial charge < -0.3 is 20.2 Å². The number of benzene rings is 1. The molecule has 0 unspecified atom stereocenters. The molecule has 3 aromatic rings. The van der Waals surface area contributed by atoms with Gasteiger partial charge in [-0.1, -0.05) is 11.1 Å². The van der Waals surface area contributed by atoms with Gasteiger partial charge in [-0.2, -0.15) is 13.2 Å². The zero-order chi connectivity index (χ0) is 21.8. The van der Waals surface area contributed by atoms with E-state index in [0.717, 1.165) is 42.6 Å². The average Bonchev–Trinajstić information content (AvgIpc) is 3.19. The minimum atomic E-state index is -4.50. The molecule has 2 aliphatic rings. The molecule has 3 N–H and O–H groups in total. The lowest BCUT2D eigenvalue weighted by molar-refractivity contribution is -0.582. The number of rotatable bonds is 2. The van der Waals surface area contributed by atoms with E-state index >= 15 is 0 Å². The summed E-state index contributed by atoms with van der Waals surface area (Å²) in [7, 11) is 0. The van der Waals surface area contributed by atoms with Crippen LogP contribution < -0.4 is 15.0 Å². The highest BCUT2D eigenvalue weighted by atomic mass is 19.4. The standard InChI is InChI=1S/C21H22F3N5O2/c1-12-9-28(5-6-30-12)13-7-14-16(3-2-4-17(14)31-10-13)29-11-26-20-15(19(29)25)8-18(27-20)21(22,23)24/h2-4,8,11-13H,5-7,9-10H2,1H3,(H2,25,27)/p+1/t12-,13-/m1/s1. The number of morpholine rings is 1. The van der Waals surface area contributed by atoms with Crippen molar-refractivity contribution in [3.05, 3.63) is 41.9 Å². The number of fused-ring (bicyclic) bond motifs is 2. The molecule has 10 heteroatoms. The molecule has 0 spiro atoms. The molecule has 0 amide bonds. The van der Waals surface area contributed by atoms with Crippen molar-refractivity contribution in [2.75, 3.05) is 32.0 Å². The molecule has 0 radical (unpaired) electrons. The van der Waals surface area contributed by atoms with Crippen LogP contribution in [0.4, 0.5) is 19.0 Å². The molecule has 7 nitrogen and oxygen atoms in total. The molecule has 1 fully saturated rings. The summed E-state index contributed by atoms with van der Waals surface area (Å²) in [5.74, 6) is 0.944. The normalized spacial score (nSPS) is 22.3. The number of nitrogens with two attached hydrogens (primary N) is 1. The van der Waals surface area contributed by atoms with Gasteiger partial charge in [0, 0.05) is 24.7 Å². The van der Waals surface area contributed by atoms with Crippen molar-refractivity contribution in [1.82, 2.24) is 14.9 Å². The number of ether oxygens (including phenoxy) is 2. The third-order valence-electron chi connectivity index (χ3n) is 5.97. The van der Waals surface area contributed by atoms with E-state index in [0.29, 0.717) is 13.2 Å². The Kier molecular flexibility index (Phi) is 4.78. The highest BCUT2D eigenvalue weighted by Crippen LogP contribution is 2.33. The van der Waals surface area contributed by atoms with Crippen LogP contribution in [0, 0.1) is 0 Å². The predicted octanol–water partition coefficient (Wildman–Crippen LogP) is 2.46. The Balaban J connectivity index is 1.54. The van der Waals surface area contributed by atoms with Gasteiger partial charge >= 0.3 is 6.18 Å². The average molecular weight is 434 g/mol. The zero-order valence-corrected chi connectivity index (χ0v) is 16.9. The first-order chi connectivity index (χ1) is 14.8. The van der Waals surface area contributed by atoms with Crippen LogP contribution in [0.2, 0.25) is 0 Å².